The van der Waals surface area contributed by atoms with Crippen molar-refractivity contribution in [2.45, 2.75) is 27.7 Å². The summed E-state index contributed by atoms with van der Waals surface area (Å²) in [5.41, 5.74) is 4.74. The number of pyridine rings is 1. The topological polar surface area (TPSA) is 68.3 Å². The van der Waals surface area contributed by atoms with Gasteiger partial charge in [-0.2, -0.15) is 0 Å². The highest BCUT2D eigenvalue weighted by atomic mass is 16.5. The van der Waals surface area contributed by atoms with E-state index in [1.54, 1.807) is 12.1 Å². The molecule has 0 saturated carbocycles. The number of amides is 1. The van der Waals surface area contributed by atoms with Crippen LogP contribution in [0.25, 0.3) is 0 Å². The molecule has 1 N–H and O–H groups in total. The van der Waals surface area contributed by atoms with E-state index >= 15 is 0 Å². The van der Waals surface area contributed by atoms with Crippen LogP contribution in [0.3, 0.4) is 0 Å². The highest BCUT2D eigenvalue weighted by Gasteiger charge is 2.16. The SMILES string of the molecule is COC(=O)c1cc(C)c(NC(=O)c2nc(C)ccc2C)c(C)c1. The molecular weight excluding hydrogens is 292 g/mol. The highest BCUT2D eigenvalue weighted by Crippen LogP contribution is 2.23. The molecule has 0 saturated heterocycles. The molecule has 1 aromatic heterocycles. The first-order chi connectivity index (χ1) is 10.8. The average molecular weight is 312 g/mol. The van der Waals surface area contributed by atoms with Crippen molar-refractivity contribution in [2.75, 3.05) is 12.4 Å². The van der Waals surface area contributed by atoms with Crippen LogP contribution >= 0.6 is 0 Å². The lowest BCUT2D eigenvalue weighted by atomic mass is 10.0. The molecule has 0 aliphatic heterocycles. The first-order valence-electron chi connectivity index (χ1n) is 7.28. The summed E-state index contributed by atoms with van der Waals surface area (Å²) in [6.07, 6.45) is 0. The van der Waals surface area contributed by atoms with Crippen molar-refractivity contribution < 1.29 is 14.3 Å². The zero-order valence-corrected chi connectivity index (χ0v) is 14.0. The Morgan fingerprint density at radius 1 is 1.00 bits per heavy atom. The summed E-state index contributed by atoms with van der Waals surface area (Å²) in [4.78, 5) is 28.4. The Bertz CT molecular complexity index is 759. The largest absolute Gasteiger partial charge is 0.465 e. The maximum atomic E-state index is 12.5. The molecule has 5 nitrogen and oxygen atoms in total. The van der Waals surface area contributed by atoms with Gasteiger partial charge < -0.3 is 10.1 Å². The number of hydrogen-bond acceptors (Lipinski definition) is 4. The van der Waals surface area contributed by atoms with Gasteiger partial charge in [-0.1, -0.05) is 6.07 Å². The summed E-state index contributed by atoms with van der Waals surface area (Å²) in [6.45, 7) is 7.37. The Balaban J connectivity index is 2.35. The van der Waals surface area contributed by atoms with E-state index in [0.29, 0.717) is 16.9 Å². The van der Waals surface area contributed by atoms with Gasteiger partial charge in [0.2, 0.25) is 0 Å². The predicted octanol–water partition coefficient (Wildman–Crippen LogP) is 3.35. The molecule has 1 amide bonds. The second-order valence-electron chi connectivity index (χ2n) is 5.55. The van der Waals surface area contributed by atoms with Crippen molar-refractivity contribution in [2.24, 2.45) is 0 Å². The number of aryl methyl sites for hydroxylation is 4. The van der Waals surface area contributed by atoms with Gasteiger partial charge in [0.25, 0.3) is 5.91 Å². The smallest absolute Gasteiger partial charge is 0.337 e. The fraction of sp³-hybridized carbons (Fsp3) is 0.278. The molecule has 0 unspecified atom stereocenters. The van der Waals surface area contributed by atoms with E-state index in [-0.39, 0.29) is 5.91 Å². The van der Waals surface area contributed by atoms with Crippen molar-refractivity contribution in [1.82, 2.24) is 4.98 Å². The van der Waals surface area contributed by atoms with E-state index in [1.165, 1.54) is 7.11 Å². The average Bonchev–Trinajstić information content (AvgIpc) is 2.51. The first-order valence-corrected chi connectivity index (χ1v) is 7.28. The minimum atomic E-state index is -0.398. The number of rotatable bonds is 3. The van der Waals surface area contributed by atoms with E-state index in [9.17, 15) is 9.59 Å². The van der Waals surface area contributed by atoms with Gasteiger partial charge in [0.15, 0.2) is 0 Å². The number of nitrogens with one attached hydrogen (secondary N) is 1. The Hall–Kier alpha value is -2.69. The van der Waals surface area contributed by atoms with Gasteiger partial charge in [0, 0.05) is 11.4 Å². The van der Waals surface area contributed by atoms with Crippen LogP contribution in [0.4, 0.5) is 5.69 Å². The molecule has 2 rings (SSSR count). The van der Waals surface area contributed by atoms with Crippen LogP contribution in [0.15, 0.2) is 24.3 Å². The van der Waals surface area contributed by atoms with Crippen LogP contribution in [-0.4, -0.2) is 24.0 Å². The van der Waals surface area contributed by atoms with Crippen LogP contribution in [0, 0.1) is 27.7 Å². The molecule has 0 radical (unpaired) electrons. The van der Waals surface area contributed by atoms with Gasteiger partial charge in [-0.3, -0.25) is 4.79 Å². The Morgan fingerprint density at radius 3 is 2.17 bits per heavy atom. The molecule has 1 aromatic carbocycles. The molecular formula is C18H20N2O3. The number of ether oxygens (including phenoxy) is 1. The molecule has 5 heteroatoms. The predicted molar refractivity (Wildman–Crippen MR) is 88.9 cm³/mol. The highest BCUT2D eigenvalue weighted by molar-refractivity contribution is 6.05. The molecule has 0 atom stereocenters. The van der Waals surface area contributed by atoms with Gasteiger partial charge in [-0.05, 0) is 62.6 Å². The Labute approximate surface area is 135 Å². The fourth-order valence-corrected chi connectivity index (χ4v) is 2.43. The zero-order valence-electron chi connectivity index (χ0n) is 14.0. The van der Waals surface area contributed by atoms with Gasteiger partial charge in [-0.15, -0.1) is 0 Å². The number of esters is 1. The van der Waals surface area contributed by atoms with Crippen molar-refractivity contribution in [3.05, 3.63) is 57.9 Å². The fourth-order valence-electron chi connectivity index (χ4n) is 2.43. The third-order valence-corrected chi connectivity index (χ3v) is 3.64. The molecule has 0 aliphatic rings. The minimum Gasteiger partial charge on any atom is -0.465 e. The normalized spacial score (nSPS) is 10.3. The zero-order chi connectivity index (χ0) is 17.1. The lowest BCUT2D eigenvalue weighted by molar-refractivity contribution is 0.0600. The molecule has 0 aliphatic carbocycles. The van der Waals surface area contributed by atoms with Gasteiger partial charge in [0.1, 0.15) is 5.69 Å². The van der Waals surface area contributed by atoms with Gasteiger partial charge in [0.05, 0.1) is 12.7 Å². The number of benzene rings is 1. The van der Waals surface area contributed by atoms with Crippen molar-refractivity contribution in [3.8, 4) is 0 Å². The van der Waals surface area contributed by atoms with Crippen LogP contribution in [0.1, 0.15) is 43.2 Å². The maximum Gasteiger partial charge on any atom is 0.337 e. The molecule has 2 aromatic rings. The van der Waals surface area contributed by atoms with E-state index in [2.05, 4.69) is 10.3 Å². The molecule has 0 fully saturated rings. The quantitative estimate of drug-likeness (QED) is 0.882. The number of aromatic nitrogens is 1. The van der Waals surface area contributed by atoms with Crippen molar-refractivity contribution in [1.29, 1.82) is 0 Å². The standard InChI is InChI=1S/C18H20N2O3/c1-10-6-7-13(4)19-16(10)17(21)20-15-11(2)8-14(9-12(15)3)18(22)23-5/h6-9H,1-5H3,(H,20,21). The molecule has 0 spiro atoms. The molecule has 23 heavy (non-hydrogen) atoms. The second kappa shape index (κ2) is 6.60. The summed E-state index contributed by atoms with van der Waals surface area (Å²) in [7, 11) is 1.34. The summed E-state index contributed by atoms with van der Waals surface area (Å²) in [6, 6.07) is 7.14. The van der Waals surface area contributed by atoms with E-state index < -0.39 is 5.97 Å². The second-order valence-corrected chi connectivity index (χ2v) is 5.55. The van der Waals surface area contributed by atoms with Crippen molar-refractivity contribution in [3.63, 3.8) is 0 Å². The summed E-state index contributed by atoms with van der Waals surface area (Å²) in [5.74, 6) is -0.659. The van der Waals surface area contributed by atoms with Crippen LogP contribution < -0.4 is 5.32 Å². The van der Waals surface area contributed by atoms with Crippen LogP contribution in [-0.2, 0) is 4.74 Å². The number of methoxy groups -OCH3 is 1. The lowest BCUT2D eigenvalue weighted by Crippen LogP contribution is -2.17. The number of anilines is 1. The van der Waals surface area contributed by atoms with E-state index in [0.717, 1.165) is 22.4 Å². The first kappa shape index (κ1) is 16.7. The van der Waals surface area contributed by atoms with Crippen LogP contribution in [0.2, 0.25) is 0 Å². The Kier molecular flexibility index (Phi) is 4.79. The molecule has 0 bridgehead atoms. The third kappa shape index (κ3) is 3.56. The van der Waals surface area contributed by atoms with Gasteiger partial charge >= 0.3 is 5.97 Å². The summed E-state index contributed by atoms with van der Waals surface area (Å²) < 4.78 is 4.73. The number of nitrogens with zero attached hydrogens (tertiary/aromatic N) is 1. The lowest BCUT2D eigenvalue weighted by Gasteiger charge is -2.14. The monoisotopic (exact) mass is 312 g/mol. The van der Waals surface area contributed by atoms with E-state index in [1.807, 2.05) is 39.8 Å². The third-order valence-electron chi connectivity index (χ3n) is 3.64. The van der Waals surface area contributed by atoms with Gasteiger partial charge in [-0.25, -0.2) is 9.78 Å². The summed E-state index contributed by atoms with van der Waals surface area (Å²) >= 11 is 0. The van der Waals surface area contributed by atoms with Crippen LogP contribution in [0.5, 0.6) is 0 Å². The molecule has 1 heterocycles. The Morgan fingerprint density at radius 2 is 1.61 bits per heavy atom. The number of hydrogen-bond donors (Lipinski definition) is 1. The number of carbonyl (C=O) groups excluding carboxylic acids is 2. The van der Waals surface area contributed by atoms with Crippen molar-refractivity contribution >= 4 is 17.6 Å². The van der Waals surface area contributed by atoms with E-state index in [4.69, 9.17) is 4.74 Å². The molecule has 120 valence electrons. The number of carbonyl (C=O) groups is 2. The maximum absolute atomic E-state index is 12.5. The minimum absolute atomic E-state index is 0.261. The summed E-state index contributed by atoms with van der Waals surface area (Å²) in [5, 5.41) is 2.89.